The average Bonchev–Trinajstić information content (AvgIpc) is 2.72. The molecule has 118 valence electrons. The minimum atomic E-state index is -0.904. The fraction of sp³-hybridized carbons (Fsp3) is 0.600. The molecule has 21 heavy (non-hydrogen) atoms. The number of hydrogen-bond acceptors (Lipinski definition) is 3. The van der Waals surface area contributed by atoms with Crippen molar-refractivity contribution in [2.24, 2.45) is 5.41 Å². The molecule has 0 spiro atoms. The lowest BCUT2D eigenvalue weighted by molar-refractivity contribution is -0.258. The number of benzene rings is 1. The highest BCUT2D eigenvalue weighted by Crippen LogP contribution is 2.45. The molecule has 1 heterocycles. The Kier molecular flexibility index (Phi) is 4.87. The maximum absolute atomic E-state index is 6.16. The second-order valence-electron chi connectivity index (χ2n) is 6.34. The van der Waals surface area contributed by atoms with Crippen LogP contribution in [0.15, 0.2) is 18.2 Å². The van der Waals surface area contributed by atoms with Crippen LogP contribution in [0.5, 0.6) is 5.75 Å². The van der Waals surface area contributed by atoms with E-state index in [1.165, 1.54) is 0 Å². The Labute approximate surface area is 144 Å². The largest absolute Gasteiger partial charge is 0.458 e. The first-order valence-electron chi connectivity index (χ1n) is 6.65. The van der Waals surface area contributed by atoms with Gasteiger partial charge in [0.05, 0.1) is 10.4 Å². The number of alkyl halides is 1. The maximum Gasteiger partial charge on any atom is 0.234 e. The number of hydrogen-bond donors (Lipinski definition) is 0. The minimum absolute atomic E-state index is 0.207. The van der Waals surface area contributed by atoms with E-state index < -0.39 is 11.6 Å². The maximum atomic E-state index is 6.16. The quantitative estimate of drug-likeness (QED) is 0.650. The summed E-state index contributed by atoms with van der Waals surface area (Å²) in [5.74, 6) is -1.13. The van der Waals surface area contributed by atoms with Gasteiger partial charge in [-0.3, -0.25) is 0 Å². The molecule has 1 aliphatic rings. The summed E-state index contributed by atoms with van der Waals surface area (Å²) in [6.07, 6.45) is 0. The number of ether oxygens (including phenoxy) is 3. The number of halogens is 3. The first-order chi connectivity index (χ1) is 9.61. The molecule has 2 atom stereocenters. The summed E-state index contributed by atoms with van der Waals surface area (Å²) in [5.41, 5.74) is -0.207. The summed E-state index contributed by atoms with van der Waals surface area (Å²) in [6, 6.07) is 5.09. The standard InChI is InChI=1S/C15H19BrCl2O3/c1-13(2,3)15(8-16)19-9-14(4,21-15)20-12-6-5-10(17)7-11(12)18/h5-7H,8-9H2,1-4H3. The topological polar surface area (TPSA) is 27.7 Å². The van der Waals surface area contributed by atoms with E-state index in [0.29, 0.717) is 27.7 Å². The van der Waals surface area contributed by atoms with Crippen molar-refractivity contribution in [3.8, 4) is 5.75 Å². The van der Waals surface area contributed by atoms with Crippen LogP contribution in [0.25, 0.3) is 0 Å². The van der Waals surface area contributed by atoms with Crippen molar-refractivity contribution in [3.63, 3.8) is 0 Å². The second kappa shape index (κ2) is 5.89. The van der Waals surface area contributed by atoms with Crippen LogP contribution in [0, 0.1) is 5.41 Å². The molecule has 0 aromatic heterocycles. The summed E-state index contributed by atoms with van der Waals surface area (Å²) in [4.78, 5) is 0. The first-order valence-corrected chi connectivity index (χ1v) is 8.53. The zero-order valence-electron chi connectivity index (χ0n) is 12.5. The first kappa shape index (κ1) is 17.4. The highest BCUT2D eigenvalue weighted by atomic mass is 79.9. The van der Waals surface area contributed by atoms with Gasteiger partial charge in [0.15, 0.2) is 5.79 Å². The Morgan fingerprint density at radius 3 is 2.48 bits per heavy atom. The van der Waals surface area contributed by atoms with Crippen LogP contribution in [0.4, 0.5) is 0 Å². The Balaban J connectivity index is 2.21. The van der Waals surface area contributed by atoms with Crippen LogP contribution in [0.1, 0.15) is 27.7 Å². The summed E-state index contributed by atoms with van der Waals surface area (Å²) >= 11 is 15.5. The van der Waals surface area contributed by atoms with E-state index in [9.17, 15) is 0 Å². The van der Waals surface area contributed by atoms with E-state index in [2.05, 4.69) is 36.7 Å². The zero-order valence-corrected chi connectivity index (χ0v) is 15.6. The average molecular weight is 398 g/mol. The van der Waals surface area contributed by atoms with Crippen LogP contribution >= 0.6 is 39.1 Å². The molecule has 1 saturated heterocycles. The van der Waals surface area contributed by atoms with E-state index in [0.717, 1.165) is 0 Å². The highest BCUT2D eigenvalue weighted by molar-refractivity contribution is 9.09. The Bertz CT molecular complexity index is 532. The molecule has 3 nitrogen and oxygen atoms in total. The van der Waals surface area contributed by atoms with Crippen LogP contribution in [0.2, 0.25) is 10.0 Å². The predicted octanol–water partition coefficient (Wildman–Crippen LogP) is 5.27. The molecule has 0 amide bonds. The molecule has 2 rings (SSSR count). The number of rotatable bonds is 3. The van der Waals surface area contributed by atoms with Gasteiger partial charge >= 0.3 is 0 Å². The molecule has 1 fully saturated rings. The Hall–Kier alpha value is -0.0000000000000000763. The lowest BCUT2D eigenvalue weighted by Gasteiger charge is -2.39. The SMILES string of the molecule is CC1(Oc2ccc(Cl)cc2Cl)COC(CBr)(C(C)(C)C)O1. The van der Waals surface area contributed by atoms with E-state index in [4.69, 9.17) is 37.4 Å². The van der Waals surface area contributed by atoms with Crippen LogP contribution in [-0.4, -0.2) is 23.5 Å². The molecule has 1 aromatic rings. The summed E-state index contributed by atoms with van der Waals surface area (Å²) in [7, 11) is 0. The van der Waals surface area contributed by atoms with Gasteiger partial charge in [-0.15, -0.1) is 0 Å². The monoisotopic (exact) mass is 396 g/mol. The lowest BCUT2D eigenvalue weighted by Crippen LogP contribution is -2.48. The fourth-order valence-electron chi connectivity index (χ4n) is 2.13. The predicted molar refractivity (Wildman–Crippen MR) is 88.5 cm³/mol. The van der Waals surface area contributed by atoms with Crippen molar-refractivity contribution in [1.29, 1.82) is 0 Å². The molecule has 6 heteroatoms. The fourth-order valence-corrected chi connectivity index (χ4v) is 3.70. The lowest BCUT2D eigenvalue weighted by atomic mass is 9.86. The van der Waals surface area contributed by atoms with Gasteiger partial charge in [-0.2, -0.15) is 0 Å². The molecular formula is C15H19BrCl2O3. The van der Waals surface area contributed by atoms with E-state index in [-0.39, 0.29) is 5.41 Å². The zero-order chi connectivity index (χ0) is 15.9. The van der Waals surface area contributed by atoms with Gasteiger partial charge in [-0.05, 0) is 18.2 Å². The molecule has 0 N–H and O–H groups in total. The molecule has 0 bridgehead atoms. The van der Waals surface area contributed by atoms with E-state index in [1.807, 2.05) is 6.92 Å². The second-order valence-corrected chi connectivity index (χ2v) is 7.74. The van der Waals surface area contributed by atoms with Gasteiger partial charge in [0, 0.05) is 17.4 Å². The van der Waals surface area contributed by atoms with Crippen molar-refractivity contribution in [2.45, 2.75) is 39.3 Å². The van der Waals surface area contributed by atoms with Crippen molar-refractivity contribution in [3.05, 3.63) is 28.2 Å². The summed E-state index contributed by atoms with van der Waals surface area (Å²) in [5, 5.41) is 1.56. The van der Waals surface area contributed by atoms with Gasteiger partial charge in [0.2, 0.25) is 5.79 Å². The van der Waals surface area contributed by atoms with Crippen molar-refractivity contribution >= 4 is 39.1 Å². The smallest absolute Gasteiger partial charge is 0.234 e. The molecular weight excluding hydrogens is 379 g/mol. The molecule has 0 aliphatic carbocycles. The van der Waals surface area contributed by atoms with Crippen molar-refractivity contribution < 1.29 is 14.2 Å². The third-order valence-corrected chi connectivity index (χ3v) is 4.76. The van der Waals surface area contributed by atoms with Gasteiger partial charge in [0.1, 0.15) is 12.4 Å². The molecule has 1 aliphatic heterocycles. The van der Waals surface area contributed by atoms with Crippen molar-refractivity contribution in [2.75, 3.05) is 11.9 Å². The molecule has 1 aromatic carbocycles. The van der Waals surface area contributed by atoms with Gasteiger partial charge in [-0.1, -0.05) is 59.9 Å². The minimum Gasteiger partial charge on any atom is -0.458 e. The van der Waals surface area contributed by atoms with Gasteiger partial charge < -0.3 is 14.2 Å². The molecule has 0 radical (unpaired) electrons. The Morgan fingerprint density at radius 2 is 2.00 bits per heavy atom. The van der Waals surface area contributed by atoms with Crippen molar-refractivity contribution in [1.82, 2.24) is 0 Å². The van der Waals surface area contributed by atoms with Crippen LogP contribution in [0.3, 0.4) is 0 Å². The van der Waals surface area contributed by atoms with Crippen LogP contribution < -0.4 is 4.74 Å². The normalized spacial score (nSPS) is 29.7. The van der Waals surface area contributed by atoms with E-state index in [1.54, 1.807) is 18.2 Å². The van der Waals surface area contributed by atoms with Gasteiger partial charge in [0.25, 0.3) is 0 Å². The van der Waals surface area contributed by atoms with Crippen LogP contribution in [-0.2, 0) is 9.47 Å². The van der Waals surface area contributed by atoms with Gasteiger partial charge in [-0.25, -0.2) is 0 Å². The summed E-state index contributed by atoms with van der Waals surface area (Å²) < 4.78 is 18.0. The third-order valence-electron chi connectivity index (χ3n) is 3.49. The highest BCUT2D eigenvalue weighted by Gasteiger charge is 2.55. The van der Waals surface area contributed by atoms with E-state index >= 15 is 0 Å². The molecule has 0 saturated carbocycles. The Morgan fingerprint density at radius 1 is 1.33 bits per heavy atom. The molecule has 2 unspecified atom stereocenters. The summed E-state index contributed by atoms with van der Waals surface area (Å²) in [6.45, 7) is 8.35. The third kappa shape index (κ3) is 3.50.